The normalized spacial score (nSPS) is 12.0. The summed E-state index contributed by atoms with van der Waals surface area (Å²) in [5.41, 5.74) is 2.09. The van der Waals surface area contributed by atoms with Gasteiger partial charge in [-0.1, -0.05) is 45.9 Å². The van der Waals surface area contributed by atoms with Crippen molar-refractivity contribution >= 4 is 27.5 Å². The Bertz CT molecular complexity index is 719. The highest BCUT2D eigenvalue weighted by molar-refractivity contribution is 9.10. The topological polar surface area (TPSA) is 58.9 Å². The molecule has 0 saturated heterocycles. The monoisotopic (exact) mass is 486 g/mol. The van der Waals surface area contributed by atoms with E-state index >= 15 is 0 Å². The first kappa shape index (κ1) is 25.8. The molecule has 0 aliphatic heterocycles. The summed E-state index contributed by atoms with van der Waals surface area (Å²) in [6.45, 7) is 8.67. The van der Waals surface area contributed by atoms with E-state index < -0.39 is 6.10 Å². The second-order valence-corrected chi connectivity index (χ2v) is 8.07. The largest absolute Gasteiger partial charge is 0.492 e. The van der Waals surface area contributed by atoms with Crippen molar-refractivity contribution < 1.29 is 19.7 Å². The highest BCUT2D eigenvalue weighted by Crippen LogP contribution is 2.36. The van der Waals surface area contributed by atoms with Crippen molar-refractivity contribution in [3.63, 3.8) is 0 Å². The number of halogens is 2. The Hall–Kier alpha value is -1.27. The van der Waals surface area contributed by atoms with Gasteiger partial charge in [-0.05, 0) is 57.7 Å². The molecule has 0 fully saturated rings. The predicted molar refractivity (Wildman–Crippen MR) is 123 cm³/mol. The van der Waals surface area contributed by atoms with Crippen LogP contribution in [0, 0.1) is 0 Å². The lowest BCUT2D eigenvalue weighted by Gasteiger charge is -2.27. The summed E-state index contributed by atoms with van der Waals surface area (Å²) in [4.78, 5) is 0. The molecule has 6 heteroatoms. The summed E-state index contributed by atoms with van der Waals surface area (Å²) in [5, 5.41) is 18.2. The van der Waals surface area contributed by atoms with Gasteiger partial charge >= 0.3 is 0 Å². The quantitative estimate of drug-likeness (QED) is 0.341. The van der Waals surface area contributed by atoms with Crippen LogP contribution in [-0.4, -0.2) is 42.0 Å². The van der Waals surface area contributed by atoms with Crippen LogP contribution in [0.25, 0.3) is 0 Å². The Labute approximate surface area is 187 Å². The molecule has 0 radical (unpaired) electrons. The first-order chi connectivity index (χ1) is 13.9. The van der Waals surface area contributed by atoms with Gasteiger partial charge in [0.25, 0.3) is 0 Å². The number of benzene rings is 2. The van der Waals surface area contributed by atoms with Crippen LogP contribution in [-0.2, 0) is 5.41 Å². The van der Waals surface area contributed by atoms with Crippen LogP contribution in [0.3, 0.4) is 0 Å². The molecular formula is C23H32BrClO4. The van der Waals surface area contributed by atoms with Gasteiger partial charge < -0.3 is 19.7 Å². The van der Waals surface area contributed by atoms with E-state index in [1.54, 1.807) is 0 Å². The molecule has 2 rings (SSSR count). The fraction of sp³-hybridized carbons (Fsp3) is 0.478. The van der Waals surface area contributed by atoms with Gasteiger partial charge in [0.2, 0.25) is 0 Å². The van der Waals surface area contributed by atoms with Gasteiger partial charge in [0.15, 0.2) is 0 Å². The van der Waals surface area contributed by atoms with E-state index in [9.17, 15) is 5.11 Å². The number of hydrogen-bond donors (Lipinski definition) is 2. The molecule has 4 nitrogen and oxygen atoms in total. The molecule has 0 saturated carbocycles. The maximum atomic E-state index is 9.37. The standard InChI is InChI=1S/C21H26BrClO4.C2H6/c1-21(2,15-4-7-18(8-5-15)27-14-17(25)13-24)16-6-9-20(19(22)12-16)26-11-3-10-23;1-2/h4-9,12,17,24-25H,3,10-11,13-14H2,1-2H3;1-2H3. The van der Waals surface area contributed by atoms with Crippen LogP contribution in [0.5, 0.6) is 11.5 Å². The van der Waals surface area contributed by atoms with Gasteiger partial charge in [-0.25, -0.2) is 0 Å². The first-order valence-electron chi connectivity index (χ1n) is 9.89. The molecule has 0 aliphatic carbocycles. The predicted octanol–water partition coefficient (Wildman–Crippen LogP) is 5.54. The zero-order chi connectivity index (χ0) is 21.9. The third kappa shape index (κ3) is 7.82. The SMILES string of the molecule is CC.CC(C)(c1ccc(OCC(O)CO)cc1)c1ccc(OCCCCl)c(Br)c1. The van der Waals surface area contributed by atoms with Crippen molar-refractivity contribution in [1.29, 1.82) is 0 Å². The van der Waals surface area contributed by atoms with Gasteiger partial charge in [0.1, 0.15) is 24.2 Å². The minimum atomic E-state index is -0.872. The van der Waals surface area contributed by atoms with Gasteiger partial charge in [0.05, 0.1) is 17.7 Å². The fourth-order valence-electron chi connectivity index (χ4n) is 2.62. The molecule has 2 N–H and O–H groups in total. The lowest BCUT2D eigenvalue weighted by atomic mass is 9.78. The van der Waals surface area contributed by atoms with E-state index in [4.69, 9.17) is 26.2 Å². The minimum Gasteiger partial charge on any atom is -0.492 e. The summed E-state index contributed by atoms with van der Waals surface area (Å²) in [6.07, 6.45) is -0.0611. The van der Waals surface area contributed by atoms with Crippen molar-refractivity contribution in [3.8, 4) is 11.5 Å². The third-order valence-electron chi connectivity index (χ3n) is 4.42. The average Bonchev–Trinajstić information content (AvgIpc) is 2.74. The third-order valence-corrected chi connectivity index (χ3v) is 5.31. The van der Waals surface area contributed by atoms with Gasteiger partial charge in [0, 0.05) is 11.3 Å². The highest BCUT2D eigenvalue weighted by atomic mass is 79.9. The molecule has 0 spiro atoms. The average molecular weight is 488 g/mol. The Kier molecular flexibility index (Phi) is 11.7. The van der Waals surface area contributed by atoms with Gasteiger partial charge in [-0.15, -0.1) is 11.6 Å². The molecule has 0 aromatic heterocycles. The van der Waals surface area contributed by atoms with Crippen molar-refractivity contribution in [2.75, 3.05) is 25.7 Å². The molecule has 162 valence electrons. The van der Waals surface area contributed by atoms with E-state index in [1.807, 2.05) is 44.2 Å². The van der Waals surface area contributed by atoms with Crippen molar-refractivity contribution in [3.05, 3.63) is 58.1 Å². The number of ether oxygens (including phenoxy) is 2. The number of aliphatic hydroxyl groups is 2. The van der Waals surface area contributed by atoms with Gasteiger partial charge in [-0.3, -0.25) is 0 Å². The van der Waals surface area contributed by atoms with Crippen LogP contribution in [0.2, 0.25) is 0 Å². The minimum absolute atomic E-state index is 0.0668. The zero-order valence-electron chi connectivity index (χ0n) is 17.6. The molecule has 1 atom stereocenters. The molecule has 29 heavy (non-hydrogen) atoms. The maximum Gasteiger partial charge on any atom is 0.133 e. The number of alkyl halides is 1. The lowest BCUT2D eigenvalue weighted by Crippen LogP contribution is -2.21. The number of aliphatic hydroxyl groups excluding tert-OH is 2. The molecule has 1 unspecified atom stereocenters. The summed E-state index contributed by atoms with van der Waals surface area (Å²) in [5.74, 6) is 2.05. The fourth-order valence-corrected chi connectivity index (χ4v) is 3.23. The Morgan fingerprint density at radius 1 is 1.03 bits per heavy atom. The van der Waals surface area contributed by atoms with E-state index in [2.05, 4.69) is 41.9 Å². The number of rotatable bonds is 10. The van der Waals surface area contributed by atoms with Crippen LogP contribution in [0.1, 0.15) is 45.2 Å². The van der Waals surface area contributed by atoms with Crippen LogP contribution in [0.4, 0.5) is 0 Å². The van der Waals surface area contributed by atoms with E-state index in [1.165, 1.54) is 0 Å². The van der Waals surface area contributed by atoms with Crippen LogP contribution >= 0.6 is 27.5 Å². The number of hydrogen-bond acceptors (Lipinski definition) is 4. The van der Waals surface area contributed by atoms with Crippen LogP contribution < -0.4 is 9.47 Å². The molecule has 2 aromatic rings. The highest BCUT2D eigenvalue weighted by Gasteiger charge is 2.24. The van der Waals surface area contributed by atoms with Crippen molar-refractivity contribution in [2.24, 2.45) is 0 Å². The molecular weight excluding hydrogens is 456 g/mol. The van der Waals surface area contributed by atoms with Gasteiger partial charge in [-0.2, -0.15) is 0 Å². The molecule has 0 bridgehead atoms. The lowest BCUT2D eigenvalue weighted by molar-refractivity contribution is 0.0536. The smallest absolute Gasteiger partial charge is 0.133 e. The molecule has 0 aliphatic rings. The second-order valence-electron chi connectivity index (χ2n) is 6.83. The van der Waals surface area contributed by atoms with E-state index in [0.29, 0.717) is 18.2 Å². The summed E-state index contributed by atoms with van der Waals surface area (Å²) in [6, 6.07) is 13.9. The van der Waals surface area contributed by atoms with Crippen LogP contribution in [0.15, 0.2) is 46.9 Å². The Morgan fingerprint density at radius 3 is 2.21 bits per heavy atom. The Balaban J connectivity index is 0.00000204. The van der Waals surface area contributed by atoms with Crippen molar-refractivity contribution in [1.82, 2.24) is 0 Å². The zero-order valence-corrected chi connectivity index (χ0v) is 20.0. The van der Waals surface area contributed by atoms with Crippen molar-refractivity contribution in [2.45, 2.75) is 45.6 Å². The summed E-state index contributed by atoms with van der Waals surface area (Å²) >= 11 is 9.28. The summed E-state index contributed by atoms with van der Waals surface area (Å²) < 4.78 is 12.1. The maximum absolute atomic E-state index is 9.37. The van der Waals surface area contributed by atoms with E-state index in [0.717, 1.165) is 27.8 Å². The molecule has 0 heterocycles. The van der Waals surface area contributed by atoms with E-state index in [-0.39, 0.29) is 18.6 Å². The summed E-state index contributed by atoms with van der Waals surface area (Å²) in [7, 11) is 0. The molecule has 2 aromatic carbocycles. The molecule has 0 amide bonds. The Morgan fingerprint density at radius 2 is 1.66 bits per heavy atom. The first-order valence-corrected chi connectivity index (χ1v) is 11.2. The second kappa shape index (κ2) is 13.1.